The predicted octanol–water partition coefficient (Wildman–Crippen LogP) is 3.43. The van der Waals surface area contributed by atoms with Crippen molar-refractivity contribution in [1.82, 2.24) is 24.9 Å². The van der Waals surface area contributed by atoms with Crippen LogP contribution in [-0.4, -0.2) is 32.2 Å². The number of nitrogens with one attached hydrogen (secondary N) is 1. The molecule has 6 nitrogen and oxygen atoms in total. The summed E-state index contributed by atoms with van der Waals surface area (Å²) in [6.07, 6.45) is 11.0. The first-order valence-corrected chi connectivity index (χ1v) is 10.2. The molecule has 3 aromatic rings. The highest BCUT2D eigenvalue weighted by molar-refractivity contribution is 5.74. The summed E-state index contributed by atoms with van der Waals surface area (Å²) in [7, 11) is 2.05. The van der Waals surface area contributed by atoms with E-state index in [-0.39, 0.29) is 16.9 Å². The van der Waals surface area contributed by atoms with Crippen LogP contribution in [0, 0.1) is 5.82 Å². The molecule has 1 N–H and O–H groups in total. The molecule has 29 heavy (non-hydrogen) atoms. The summed E-state index contributed by atoms with van der Waals surface area (Å²) in [5, 5.41) is 8.10. The zero-order chi connectivity index (χ0) is 19.8. The van der Waals surface area contributed by atoms with Gasteiger partial charge >= 0.3 is 0 Å². The largest absolute Gasteiger partial charge is 0.379 e. The van der Waals surface area contributed by atoms with Gasteiger partial charge in [0.05, 0.1) is 23.5 Å². The van der Waals surface area contributed by atoms with Crippen LogP contribution in [0.25, 0.3) is 11.3 Å². The number of fused-ring (bicyclic) bond motifs is 3. The molecule has 6 rings (SSSR count). The summed E-state index contributed by atoms with van der Waals surface area (Å²) in [5.41, 5.74) is 4.37. The van der Waals surface area contributed by atoms with Crippen molar-refractivity contribution in [2.24, 2.45) is 0 Å². The van der Waals surface area contributed by atoms with E-state index in [0.717, 1.165) is 72.5 Å². The number of halogens is 1. The van der Waals surface area contributed by atoms with Crippen LogP contribution < -0.4 is 10.2 Å². The molecule has 0 amide bonds. The van der Waals surface area contributed by atoms with E-state index >= 15 is 0 Å². The van der Waals surface area contributed by atoms with Crippen molar-refractivity contribution in [3.63, 3.8) is 0 Å². The maximum Gasteiger partial charge on any atom is 0.166 e. The van der Waals surface area contributed by atoms with E-state index in [2.05, 4.69) is 26.9 Å². The van der Waals surface area contributed by atoms with Gasteiger partial charge in [-0.15, -0.1) is 0 Å². The normalized spacial score (nSPS) is 21.4. The number of hydrogen-bond donors (Lipinski definition) is 1. The van der Waals surface area contributed by atoms with Gasteiger partial charge in [0.2, 0.25) is 0 Å². The molecular formula is C22H23FN6. The van der Waals surface area contributed by atoms with Crippen molar-refractivity contribution in [2.75, 3.05) is 11.9 Å². The average Bonchev–Trinajstić information content (AvgIpc) is 3.63. The third-order valence-corrected chi connectivity index (χ3v) is 6.94. The van der Waals surface area contributed by atoms with Crippen LogP contribution in [0.5, 0.6) is 0 Å². The molecule has 2 saturated carbocycles. The molecule has 3 aliphatic rings. The van der Waals surface area contributed by atoms with E-state index in [4.69, 9.17) is 4.98 Å². The fourth-order valence-electron chi connectivity index (χ4n) is 4.79. The monoisotopic (exact) mass is 390 g/mol. The highest BCUT2D eigenvalue weighted by Gasteiger charge is 2.51. The third-order valence-electron chi connectivity index (χ3n) is 6.94. The molecule has 2 aliphatic carbocycles. The second-order valence-corrected chi connectivity index (χ2v) is 8.73. The molecular weight excluding hydrogens is 367 g/mol. The Morgan fingerprint density at radius 2 is 2.00 bits per heavy atom. The quantitative estimate of drug-likeness (QED) is 0.637. The van der Waals surface area contributed by atoms with Gasteiger partial charge in [0.15, 0.2) is 5.65 Å². The lowest BCUT2D eigenvalue weighted by Crippen LogP contribution is -2.34. The Hall–Kier alpha value is -2.96. The molecule has 2 spiro atoms. The zero-order valence-corrected chi connectivity index (χ0v) is 16.5. The first-order chi connectivity index (χ1) is 14.0. The molecule has 0 radical (unpaired) electrons. The number of anilines is 1. The van der Waals surface area contributed by atoms with Crippen LogP contribution in [0.1, 0.15) is 48.9 Å². The van der Waals surface area contributed by atoms with E-state index in [1.54, 1.807) is 10.6 Å². The van der Waals surface area contributed by atoms with Gasteiger partial charge in [-0.05, 0) is 50.7 Å². The smallest absolute Gasteiger partial charge is 0.166 e. The number of hydrogen-bond acceptors (Lipinski definition) is 5. The van der Waals surface area contributed by atoms with Gasteiger partial charge < -0.3 is 10.2 Å². The Balaban J connectivity index is 1.55. The summed E-state index contributed by atoms with van der Waals surface area (Å²) in [4.78, 5) is 11.6. The number of aryl methyl sites for hydroxylation is 1. The molecule has 4 heterocycles. The fourth-order valence-corrected chi connectivity index (χ4v) is 4.79. The lowest BCUT2D eigenvalue weighted by atomic mass is 9.96. The number of aromatic nitrogens is 4. The van der Waals surface area contributed by atoms with E-state index < -0.39 is 0 Å². The predicted molar refractivity (Wildman–Crippen MR) is 109 cm³/mol. The molecule has 0 atom stereocenters. The topological polar surface area (TPSA) is 58.4 Å². The maximum atomic E-state index is 14.2. The molecule has 2 fully saturated rings. The van der Waals surface area contributed by atoms with Crippen LogP contribution in [0.3, 0.4) is 0 Å². The van der Waals surface area contributed by atoms with Gasteiger partial charge in [0, 0.05) is 35.7 Å². The highest BCUT2D eigenvalue weighted by atomic mass is 19.1. The second kappa shape index (κ2) is 5.55. The van der Waals surface area contributed by atoms with E-state index in [9.17, 15) is 4.39 Å². The third kappa shape index (κ3) is 2.49. The van der Waals surface area contributed by atoms with E-state index in [1.807, 2.05) is 25.5 Å². The molecule has 0 aromatic carbocycles. The van der Waals surface area contributed by atoms with Crippen LogP contribution >= 0.6 is 0 Å². The van der Waals surface area contributed by atoms with Gasteiger partial charge in [0.1, 0.15) is 11.6 Å². The summed E-state index contributed by atoms with van der Waals surface area (Å²) in [6, 6.07) is 3.65. The number of nitrogens with zero attached hydrogens (tertiary/aromatic N) is 5. The Morgan fingerprint density at radius 3 is 2.76 bits per heavy atom. The van der Waals surface area contributed by atoms with Crippen molar-refractivity contribution < 1.29 is 4.39 Å². The molecule has 7 heteroatoms. The molecule has 1 aliphatic heterocycles. The van der Waals surface area contributed by atoms with Crippen molar-refractivity contribution in [3.05, 3.63) is 59.9 Å². The summed E-state index contributed by atoms with van der Waals surface area (Å²) < 4.78 is 16.0. The lowest BCUT2D eigenvalue weighted by molar-refractivity contribution is 0.527. The molecule has 2 bridgehead atoms. The molecule has 148 valence electrons. The van der Waals surface area contributed by atoms with Crippen LogP contribution in [0.2, 0.25) is 0 Å². The standard InChI is InChI=1S/C22H23FN6/c1-14-16-13-25-29-10-4-19(26-20(16)29)28(2)22(8-9-22)17-11-15(23)12-24-18(17)3-5-21(27-14)6-7-21/h4,10-13,27H,1,3,5-9H2,2H3. The minimum Gasteiger partial charge on any atom is -0.379 e. The van der Waals surface area contributed by atoms with Crippen LogP contribution in [-0.2, 0) is 12.0 Å². The molecule has 0 saturated heterocycles. The first kappa shape index (κ1) is 16.9. The van der Waals surface area contributed by atoms with Gasteiger partial charge in [-0.3, -0.25) is 4.98 Å². The van der Waals surface area contributed by atoms with Gasteiger partial charge in [-0.1, -0.05) is 6.58 Å². The second-order valence-electron chi connectivity index (χ2n) is 8.73. The minimum absolute atomic E-state index is 0.0347. The van der Waals surface area contributed by atoms with Crippen molar-refractivity contribution >= 4 is 17.2 Å². The van der Waals surface area contributed by atoms with Gasteiger partial charge in [0.25, 0.3) is 0 Å². The lowest BCUT2D eigenvalue weighted by Gasteiger charge is -2.31. The minimum atomic E-state index is -0.276. The Kier molecular flexibility index (Phi) is 3.25. The summed E-state index contributed by atoms with van der Waals surface area (Å²) in [6.45, 7) is 4.28. The summed E-state index contributed by atoms with van der Waals surface area (Å²) in [5.74, 6) is 0.571. The molecule has 3 aromatic heterocycles. The fraction of sp³-hybridized carbons (Fsp3) is 0.409. The Morgan fingerprint density at radius 1 is 1.17 bits per heavy atom. The van der Waals surface area contributed by atoms with Gasteiger partial charge in [-0.25, -0.2) is 13.9 Å². The Labute approximate surface area is 168 Å². The van der Waals surface area contributed by atoms with Crippen molar-refractivity contribution in [2.45, 2.75) is 49.6 Å². The zero-order valence-electron chi connectivity index (χ0n) is 16.5. The van der Waals surface area contributed by atoms with Crippen LogP contribution in [0.4, 0.5) is 10.2 Å². The number of pyridine rings is 1. The number of rotatable bonds is 0. The maximum absolute atomic E-state index is 14.2. The molecule has 0 unspecified atom stereocenters. The summed E-state index contributed by atoms with van der Waals surface area (Å²) >= 11 is 0. The average molecular weight is 390 g/mol. The van der Waals surface area contributed by atoms with Gasteiger partial charge in [-0.2, -0.15) is 5.10 Å². The highest BCUT2D eigenvalue weighted by Crippen LogP contribution is 2.53. The Bertz CT molecular complexity index is 1160. The van der Waals surface area contributed by atoms with Crippen molar-refractivity contribution in [3.8, 4) is 0 Å². The van der Waals surface area contributed by atoms with Crippen LogP contribution in [0.15, 0.2) is 37.3 Å². The SMILES string of the molecule is C=C1NC2(CCc3ncc(F)cc3C3(CC3)N(C)c3ccn4ncc1c4n3)CC2. The van der Waals surface area contributed by atoms with E-state index in [0.29, 0.717) is 0 Å². The van der Waals surface area contributed by atoms with Crippen molar-refractivity contribution in [1.29, 1.82) is 0 Å². The van der Waals surface area contributed by atoms with E-state index in [1.165, 1.54) is 6.20 Å². The first-order valence-electron chi connectivity index (χ1n) is 10.2.